The Hall–Kier alpha value is -1.06. The van der Waals surface area contributed by atoms with E-state index in [0.717, 1.165) is 24.4 Å². The van der Waals surface area contributed by atoms with E-state index in [4.69, 9.17) is 4.74 Å². The molecule has 1 atom stereocenters. The van der Waals surface area contributed by atoms with E-state index in [-0.39, 0.29) is 0 Å². The molecule has 3 nitrogen and oxygen atoms in total. The van der Waals surface area contributed by atoms with Crippen LogP contribution in [0.5, 0.6) is 5.75 Å². The molecule has 114 valence electrons. The van der Waals surface area contributed by atoms with Gasteiger partial charge in [-0.1, -0.05) is 39.8 Å². The van der Waals surface area contributed by atoms with Crippen molar-refractivity contribution < 1.29 is 9.84 Å². The Morgan fingerprint density at radius 3 is 2.15 bits per heavy atom. The van der Waals surface area contributed by atoms with E-state index in [1.807, 2.05) is 24.3 Å². The number of benzene rings is 1. The van der Waals surface area contributed by atoms with Crippen molar-refractivity contribution in [1.82, 2.24) is 4.90 Å². The fourth-order valence-corrected chi connectivity index (χ4v) is 2.46. The van der Waals surface area contributed by atoms with Crippen molar-refractivity contribution in [2.24, 2.45) is 11.8 Å². The Balaban J connectivity index is 2.70. The highest BCUT2D eigenvalue weighted by molar-refractivity contribution is 5.29. The molecule has 1 unspecified atom stereocenters. The van der Waals surface area contributed by atoms with Gasteiger partial charge in [0.25, 0.3) is 0 Å². The largest absolute Gasteiger partial charge is 0.497 e. The first-order valence-corrected chi connectivity index (χ1v) is 7.46. The quantitative estimate of drug-likeness (QED) is 0.792. The van der Waals surface area contributed by atoms with Crippen LogP contribution in [0.1, 0.15) is 39.4 Å². The van der Waals surface area contributed by atoms with Crippen LogP contribution in [0.25, 0.3) is 0 Å². The first-order valence-electron chi connectivity index (χ1n) is 7.46. The molecule has 0 aliphatic carbocycles. The van der Waals surface area contributed by atoms with Crippen molar-refractivity contribution >= 4 is 0 Å². The van der Waals surface area contributed by atoms with Gasteiger partial charge in [0, 0.05) is 19.6 Å². The van der Waals surface area contributed by atoms with E-state index in [0.29, 0.717) is 18.4 Å². The molecule has 1 aromatic carbocycles. The molecule has 0 bridgehead atoms. The van der Waals surface area contributed by atoms with Crippen molar-refractivity contribution in [3.8, 4) is 5.75 Å². The predicted octanol–water partition coefficient (Wildman–Crippen LogP) is 3.34. The molecule has 0 amide bonds. The van der Waals surface area contributed by atoms with Crippen LogP contribution in [-0.4, -0.2) is 36.8 Å². The molecule has 20 heavy (non-hydrogen) atoms. The van der Waals surface area contributed by atoms with E-state index in [9.17, 15) is 5.11 Å². The molecule has 0 heterocycles. The Morgan fingerprint density at radius 2 is 1.65 bits per heavy atom. The minimum Gasteiger partial charge on any atom is -0.497 e. The van der Waals surface area contributed by atoms with Crippen LogP contribution < -0.4 is 4.74 Å². The summed E-state index contributed by atoms with van der Waals surface area (Å²) in [5, 5.41) is 10.4. The lowest BCUT2D eigenvalue weighted by molar-refractivity contribution is 0.0985. The molecule has 0 spiro atoms. The molecular formula is C17H29NO2. The second kappa shape index (κ2) is 8.28. The van der Waals surface area contributed by atoms with Gasteiger partial charge in [-0.3, -0.25) is 4.90 Å². The zero-order valence-corrected chi connectivity index (χ0v) is 13.5. The molecule has 0 aliphatic heterocycles. The van der Waals surface area contributed by atoms with Crippen molar-refractivity contribution in [1.29, 1.82) is 0 Å². The zero-order valence-electron chi connectivity index (χ0n) is 13.5. The standard InChI is InChI=1S/C17H29NO2/c1-13(2)10-18(11-14(3)4)12-17(19)15-7-6-8-16(9-15)20-5/h6-9,13-14,17,19H,10-12H2,1-5H3. The Labute approximate surface area is 123 Å². The molecule has 3 heteroatoms. The summed E-state index contributed by atoms with van der Waals surface area (Å²) in [6.07, 6.45) is -0.470. The van der Waals surface area contributed by atoms with Gasteiger partial charge >= 0.3 is 0 Å². The van der Waals surface area contributed by atoms with Crippen molar-refractivity contribution in [3.05, 3.63) is 29.8 Å². The topological polar surface area (TPSA) is 32.7 Å². The number of hydrogen-bond donors (Lipinski definition) is 1. The number of ether oxygens (including phenoxy) is 1. The summed E-state index contributed by atoms with van der Waals surface area (Å²) in [7, 11) is 1.65. The smallest absolute Gasteiger partial charge is 0.119 e. The number of methoxy groups -OCH3 is 1. The Bertz CT molecular complexity index is 380. The van der Waals surface area contributed by atoms with Gasteiger partial charge in [0.15, 0.2) is 0 Å². The lowest BCUT2D eigenvalue weighted by Crippen LogP contribution is -2.35. The fraction of sp³-hybridized carbons (Fsp3) is 0.647. The fourth-order valence-electron chi connectivity index (χ4n) is 2.46. The van der Waals surface area contributed by atoms with Gasteiger partial charge in [0.1, 0.15) is 5.75 Å². The van der Waals surface area contributed by atoms with Gasteiger partial charge < -0.3 is 9.84 Å². The molecule has 0 aliphatic rings. The lowest BCUT2D eigenvalue weighted by atomic mass is 10.1. The SMILES string of the molecule is COc1cccc(C(O)CN(CC(C)C)CC(C)C)c1. The maximum atomic E-state index is 10.4. The van der Waals surface area contributed by atoms with E-state index in [1.165, 1.54) is 0 Å². The van der Waals surface area contributed by atoms with Gasteiger partial charge in [-0.25, -0.2) is 0 Å². The van der Waals surface area contributed by atoms with Crippen LogP contribution >= 0.6 is 0 Å². The maximum absolute atomic E-state index is 10.4. The van der Waals surface area contributed by atoms with Crippen LogP contribution in [0, 0.1) is 11.8 Å². The second-order valence-electron chi connectivity index (χ2n) is 6.30. The predicted molar refractivity (Wildman–Crippen MR) is 84.1 cm³/mol. The first kappa shape index (κ1) is 17.0. The molecule has 0 saturated carbocycles. The van der Waals surface area contributed by atoms with Gasteiger partial charge in [0.05, 0.1) is 13.2 Å². The molecule has 1 aromatic rings. The third kappa shape index (κ3) is 5.93. The van der Waals surface area contributed by atoms with Crippen LogP contribution in [0.15, 0.2) is 24.3 Å². The minimum absolute atomic E-state index is 0.470. The number of hydrogen-bond acceptors (Lipinski definition) is 3. The van der Waals surface area contributed by atoms with Crippen LogP contribution in [0.3, 0.4) is 0 Å². The number of aliphatic hydroxyl groups excluding tert-OH is 1. The molecule has 0 fully saturated rings. The number of nitrogens with zero attached hydrogens (tertiary/aromatic N) is 1. The number of aliphatic hydroxyl groups is 1. The summed E-state index contributed by atoms with van der Waals surface area (Å²) < 4.78 is 5.21. The van der Waals surface area contributed by atoms with E-state index < -0.39 is 6.10 Å². The molecular weight excluding hydrogens is 250 g/mol. The summed E-state index contributed by atoms with van der Waals surface area (Å²) in [5.41, 5.74) is 0.918. The summed E-state index contributed by atoms with van der Waals surface area (Å²) in [6, 6.07) is 7.69. The second-order valence-corrected chi connectivity index (χ2v) is 6.30. The highest BCUT2D eigenvalue weighted by Gasteiger charge is 2.16. The van der Waals surface area contributed by atoms with Gasteiger partial charge in [0.2, 0.25) is 0 Å². The lowest BCUT2D eigenvalue weighted by Gasteiger charge is -2.28. The monoisotopic (exact) mass is 279 g/mol. The average molecular weight is 279 g/mol. The highest BCUT2D eigenvalue weighted by atomic mass is 16.5. The van der Waals surface area contributed by atoms with Crippen molar-refractivity contribution in [3.63, 3.8) is 0 Å². The summed E-state index contributed by atoms with van der Waals surface area (Å²) in [4.78, 5) is 2.35. The summed E-state index contributed by atoms with van der Waals surface area (Å²) in [6.45, 7) is 11.6. The number of rotatable bonds is 8. The summed E-state index contributed by atoms with van der Waals surface area (Å²) in [5.74, 6) is 2.00. The molecule has 0 saturated heterocycles. The third-order valence-electron chi connectivity index (χ3n) is 3.16. The van der Waals surface area contributed by atoms with Gasteiger partial charge in [-0.15, -0.1) is 0 Å². The van der Waals surface area contributed by atoms with Crippen LogP contribution in [0.2, 0.25) is 0 Å². The Morgan fingerprint density at radius 1 is 1.05 bits per heavy atom. The maximum Gasteiger partial charge on any atom is 0.119 e. The van der Waals surface area contributed by atoms with Crippen molar-refractivity contribution in [2.45, 2.75) is 33.8 Å². The summed E-state index contributed by atoms with van der Waals surface area (Å²) >= 11 is 0. The zero-order chi connectivity index (χ0) is 15.1. The molecule has 0 radical (unpaired) electrons. The van der Waals surface area contributed by atoms with E-state index in [1.54, 1.807) is 7.11 Å². The van der Waals surface area contributed by atoms with Crippen molar-refractivity contribution in [2.75, 3.05) is 26.7 Å². The highest BCUT2D eigenvalue weighted by Crippen LogP contribution is 2.20. The third-order valence-corrected chi connectivity index (χ3v) is 3.16. The van der Waals surface area contributed by atoms with Gasteiger partial charge in [-0.2, -0.15) is 0 Å². The van der Waals surface area contributed by atoms with Gasteiger partial charge in [-0.05, 0) is 29.5 Å². The Kier molecular flexibility index (Phi) is 7.03. The minimum atomic E-state index is -0.470. The molecule has 0 aromatic heterocycles. The van der Waals surface area contributed by atoms with Crippen LogP contribution in [0.4, 0.5) is 0 Å². The first-order chi connectivity index (χ1) is 9.42. The average Bonchev–Trinajstić information content (AvgIpc) is 2.37. The molecule has 1 rings (SSSR count). The van der Waals surface area contributed by atoms with Crippen LogP contribution in [-0.2, 0) is 0 Å². The van der Waals surface area contributed by atoms with E-state index >= 15 is 0 Å². The van der Waals surface area contributed by atoms with E-state index in [2.05, 4.69) is 32.6 Å². The normalized spacial score (nSPS) is 13.2. The molecule has 1 N–H and O–H groups in total.